The maximum absolute atomic E-state index is 12.8. The Bertz CT molecular complexity index is 1100. The Hall–Kier alpha value is -3.28. The number of anilines is 1. The third-order valence-electron chi connectivity index (χ3n) is 3.88. The van der Waals surface area contributed by atoms with Gasteiger partial charge in [-0.25, -0.2) is 4.98 Å². The van der Waals surface area contributed by atoms with Crippen LogP contribution in [-0.4, -0.2) is 33.2 Å². The number of hydrogen-bond donors (Lipinski definition) is 2. The summed E-state index contributed by atoms with van der Waals surface area (Å²) in [7, 11) is 0. The molecule has 3 rings (SSSR count). The van der Waals surface area contributed by atoms with Crippen LogP contribution in [-0.2, 0) is 11.0 Å². The molecule has 0 fully saturated rings. The van der Waals surface area contributed by atoms with E-state index in [0.717, 1.165) is 17.8 Å². The normalized spacial score (nSPS) is 11.5. The largest absolute Gasteiger partial charge is 0.494 e. The molecule has 2 aromatic carbocycles. The van der Waals surface area contributed by atoms with Gasteiger partial charge < -0.3 is 15.0 Å². The van der Waals surface area contributed by atoms with Gasteiger partial charge in [-0.1, -0.05) is 11.8 Å². The molecule has 0 aliphatic rings. The van der Waals surface area contributed by atoms with Gasteiger partial charge in [-0.05, 0) is 31.2 Å². The molecule has 158 valence electrons. The molecule has 0 radical (unpaired) electrons. The average molecular weight is 440 g/mol. The number of thioether (sulfide) groups is 1. The van der Waals surface area contributed by atoms with Crippen LogP contribution >= 0.6 is 11.8 Å². The first-order chi connectivity index (χ1) is 14.2. The first-order valence-corrected chi connectivity index (χ1v) is 9.56. The topological polar surface area (TPSA) is 110 Å². The minimum Gasteiger partial charge on any atom is -0.494 e. The zero-order valence-electron chi connectivity index (χ0n) is 15.4. The fourth-order valence-corrected chi connectivity index (χ4v) is 3.26. The summed E-state index contributed by atoms with van der Waals surface area (Å²) in [6, 6.07) is 7.20. The summed E-state index contributed by atoms with van der Waals surface area (Å²) in [6.45, 7) is 2.37. The second-order valence-corrected chi connectivity index (χ2v) is 6.94. The zero-order valence-corrected chi connectivity index (χ0v) is 16.3. The van der Waals surface area contributed by atoms with E-state index in [-0.39, 0.29) is 11.4 Å². The van der Waals surface area contributed by atoms with E-state index in [9.17, 15) is 28.1 Å². The maximum Gasteiger partial charge on any atom is 0.416 e. The number of benzene rings is 2. The van der Waals surface area contributed by atoms with Gasteiger partial charge in [0.15, 0.2) is 5.16 Å². The van der Waals surface area contributed by atoms with Gasteiger partial charge in [-0.3, -0.25) is 14.9 Å². The molecule has 1 heterocycles. The van der Waals surface area contributed by atoms with E-state index in [2.05, 4.69) is 15.3 Å². The van der Waals surface area contributed by atoms with Crippen molar-refractivity contribution in [2.75, 3.05) is 17.7 Å². The quantitative estimate of drug-likeness (QED) is 0.315. The summed E-state index contributed by atoms with van der Waals surface area (Å²) >= 11 is 1.05. The summed E-state index contributed by atoms with van der Waals surface area (Å²) in [5, 5.41) is 13.8. The number of H-pyrrole nitrogens is 1. The van der Waals surface area contributed by atoms with E-state index in [0.29, 0.717) is 40.7 Å². The monoisotopic (exact) mass is 440 g/mol. The van der Waals surface area contributed by atoms with Gasteiger partial charge in [0.2, 0.25) is 5.91 Å². The molecule has 30 heavy (non-hydrogen) atoms. The number of imidazole rings is 1. The van der Waals surface area contributed by atoms with Gasteiger partial charge in [0.05, 0.1) is 33.9 Å². The number of nitrogens with zero attached hydrogens (tertiary/aromatic N) is 2. The van der Waals surface area contributed by atoms with Crippen molar-refractivity contribution in [3.05, 3.63) is 52.1 Å². The van der Waals surface area contributed by atoms with Crippen LogP contribution in [0.2, 0.25) is 0 Å². The van der Waals surface area contributed by atoms with Crippen molar-refractivity contribution in [1.82, 2.24) is 9.97 Å². The second kappa shape index (κ2) is 8.61. The van der Waals surface area contributed by atoms with Crippen molar-refractivity contribution in [3.63, 3.8) is 0 Å². The number of fused-ring (bicyclic) bond motifs is 1. The fraction of sp³-hybridized carbons (Fsp3) is 0.222. The lowest BCUT2D eigenvalue weighted by Gasteiger charge is -2.09. The number of carbonyl (C=O) groups excluding carboxylic acids is 1. The molecule has 0 unspecified atom stereocenters. The molecule has 0 bridgehead atoms. The molecule has 3 aromatic rings. The number of ether oxygens (including phenoxy) is 1. The lowest BCUT2D eigenvalue weighted by atomic mass is 10.1. The first-order valence-electron chi connectivity index (χ1n) is 8.58. The number of nitro groups is 1. The van der Waals surface area contributed by atoms with Gasteiger partial charge in [-0.2, -0.15) is 13.2 Å². The van der Waals surface area contributed by atoms with E-state index in [4.69, 9.17) is 4.74 Å². The minimum absolute atomic E-state index is 0.156. The maximum atomic E-state index is 12.8. The summed E-state index contributed by atoms with van der Waals surface area (Å²) in [5.74, 6) is -0.119. The lowest BCUT2D eigenvalue weighted by molar-refractivity contribution is -0.384. The molecular weight excluding hydrogens is 425 g/mol. The predicted molar refractivity (Wildman–Crippen MR) is 105 cm³/mol. The molecule has 2 N–H and O–H groups in total. The van der Waals surface area contributed by atoms with Crippen molar-refractivity contribution in [3.8, 4) is 5.75 Å². The Labute approximate surface area is 172 Å². The summed E-state index contributed by atoms with van der Waals surface area (Å²) in [4.78, 5) is 29.6. The molecule has 0 saturated heterocycles. The number of rotatable bonds is 7. The molecular formula is C18H15F3N4O4S. The lowest BCUT2D eigenvalue weighted by Crippen LogP contribution is -2.16. The van der Waals surface area contributed by atoms with Gasteiger partial charge >= 0.3 is 6.18 Å². The number of halogens is 3. The Kier molecular flexibility index (Phi) is 6.15. The van der Waals surface area contributed by atoms with Crippen molar-refractivity contribution >= 4 is 40.1 Å². The molecule has 0 saturated carbocycles. The van der Waals surface area contributed by atoms with Gasteiger partial charge in [-0.15, -0.1) is 0 Å². The van der Waals surface area contributed by atoms with E-state index < -0.39 is 28.3 Å². The van der Waals surface area contributed by atoms with Gasteiger partial charge in [0.1, 0.15) is 11.4 Å². The van der Waals surface area contributed by atoms with Crippen LogP contribution in [0.15, 0.2) is 41.6 Å². The third-order valence-corrected chi connectivity index (χ3v) is 4.75. The fourth-order valence-electron chi connectivity index (χ4n) is 2.58. The van der Waals surface area contributed by atoms with Crippen molar-refractivity contribution < 1.29 is 27.6 Å². The van der Waals surface area contributed by atoms with Crippen LogP contribution in [0.5, 0.6) is 5.75 Å². The highest BCUT2D eigenvalue weighted by Crippen LogP contribution is 2.35. The van der Waals surface area contributed by atoms with Crippen molar-refractivity contribution in [2.24, 2.45) is 0 Å². The Morgan fingerprint density at radius 2 is 2.07 bits per heavy atom. The van der Waals surface area contributed by atoms with E-state index in [1.54, 1.807) is 18.2 Å². The number of hydrogen-bond acceptors (Lipinski definition) is 6. The number of amides is 1. The number of aromatic nitrogens is 2. The third kappa shape index (κ3) is 5.00. The first kappa shape index (κ1) is 21.4. The zero-order chi connectivity index (χ0) is 21.9. The van der Waals surface area contributed by atoms with Gasteiger partial charge in [0, 0.05) is 12.1 Å². The second-order valence-electron chi connectivity index (χ2n) is 5.98. The molecule has 0 atom stereocenters. The summed E-state index contributed by atoms with van der Waals surface area (Å²) in [6.07, 6.45) is -4.73. The van der Waals surface area contributed by atoms with Crippen LogP contribution in [0.25, 0.3) is 11.0 Å². The Morgan fingerprint density at radius 3 is 2.73 bits per heavy atom. The highest BCUT2D eigenvalue weighted by Gasteiger charge is 2.33. The van der Waals surface area contributed by atoms with E-state index in [1.165, 1.54) is 0 Å². The van der Waals surface area contributed by atoms with Gasteiger partial charge in [0.25, 0.3) is 5.69 Å². The highest BCUT2D eigenvalue weighted by atomic mass is 32.2. The molecule has 0 aliphatic carbocycles. The predicted octanol–water partition coefficient (Wildman–Crippen LogP) is 4.62. The highest BCUT2D eigenvalue weighted by molar-refractivity contribution is 7.99. The smallest absolute Gasteiger partial charge is 0.416 e. The Balaban J connectivity index is 1.68. The van der Waals surface area contributed by atoms with Crippen molar-refractivity contribution in [1.29, 1.82) is 0 Å². The molecule has 1 amide bonds. The standard InChI is InChI=1S/C18H15F3N4O4S/c1-2-29-11-4-6-12-14(8-11)24-17(23-12)30-9-16(26)22-13-5-3-10(18(19,20)21)7-15(13)25(27)28/h3-8H,2,9H2,1H3,(H,22,26)(H,23,24). The summed E-state index contributed by atoms with van der Waals surface area (Å²) in [5.41, 5.74) is -0.947. The SMILES string of the molecule is CCOc1ccc2nc(SCC(=O)Nc3ccc(C(F)(F)F)cc3[N+](=O)[O-])[nH]c2c1. The van der Waals surface area contributed by atoms with E-state index >= 15 is 0 Å². The van der Waals surface area contributed by atoms with Crippen molar-refractivity contribution in [2.45, 2.75) is 18.3 Å². The Morgan fingerprint density at radius 1 is 1.30 bits per heavy atom. The van der Waals surface area contributed by atoms with Crippen LogP contribution in [0.4, 0.5) is 24.5 Å². The number of carbonyl (C=O) groups is 1. The molecule has 1 aromatic heterocycles. The van der Waals surface area contributed by atoms with Crippen LogP contribution in [0.3, 0.4) is 0 Å². The molecule has 0 spiro atoms. The molecule has 0 aliphatic heterocycles. The number of aromatic amines is 1. The van der Waals surface area contributed by atoms with Crippen LogP contribution in [0.1, 0.15) is 12.5 Å². The molecule has 12 heteroatoms. The molecule has 8 nitrogen and oxygen atoms in total. The average Bonchev–Trinajstić information content (AvgIpc) is 3.08. The van der Waals surface area contributed by atoms with Crippen LogP contribution < -0.4 is 10.1 Å². The van der Waals surface area contributed by atoms with Crippen LogP contribution in [0, 0.1) is 10.1 Å². The number of alkyl halides is 3. The number of nitrogens with one attached hydrogen (secondary N) is 2. The van der Waals surface area contributed by atoms with E-state index in [1.807, 2.05) is 6.92 Å². The summed E-state index contributed by atoms with van der Waals surface area (Å²) < 4.78 is 43.7. The number of nitro benzene ring substituents is 1. The minimum atomic E-state index is -4.73.